The molecule has 360 valence electrons. The van der Waals surface area contributed by atoms with Crippen LogP contribution in [0.1, 0.15) is 76.1 Å². The third-order valence-corrected chi connectivity index (χ3v) is 18.3. The molecule has 2 atom stereocenters. The van der Waals surface area contributed by atoms with Crippen molar-refractivity contribution in [1.82, 2.24) is 14.5 Å². The summed E-state index contributed by atoms with van der Waals surface area (Å²) in [5.41, 5.74) is -3.22. The van der Waals surface area contributed by atoms with Crippen molar-refractivity contribution in [2.75, 3.05) is 69.2 Å². The van der Waals surface area contributed by atoms with Crippen molar-refractivity contribution in [1.29, 1.82) is 0 Å². The number of ether oxygens (including phenoxy) is 1. The zero-order chi connectivity index (χ0) is 47.3. The van der Waals surface area contributed by atoms with Gasteiger partial charge in [-0.05, 0) is 117 Å². The minimum Gasteiger partial charge on any atom is -0.381 e. The lowest BCUT2D eigenvalue weighted by molar-refractivity contribution is -0.250. The lowest BCUT2D eigenvalue weighted by atomic mass is 9.32. The average molecular weight is 980 g/mol. The van der Waals surface area contributed by atoms with Crippen LogP contribution in [0.4, 0.5) is 33.3 Å². The summed E-state index contributed by atoms with van der Waals surface area (Å²) in [5, 5.41) is 2.75. The predicted molar refractivity (Wildman–Crippen MR) is 245 cm³/mol. The lowest BCUT2D eigenvalue weighted by Crippen LogP contribution is -2.66. The van der Waals surface area contributed by atoms with E-state index in [-0.39, 0.29) is 21.8 Å². The number of nitrogens with one attached hydrogen (secondary N) is 2. The molecule has 11 nitrogen and oxygen atoms in total. The van der Waals surface area contributed by atoms with Crippen molar-refractivity contribution in [2.45, 2.75) is 104 Å². The van der Waals surface area contributed by atoms with Crippen LogP contribution in [0.25, 0.3) is 0 Å². The number of rotatable bonds is 16. The largest absolute Gasteiger partial charge is 0.501 e. The monoisotopic (exact) mass is 979 g/mol. The highest BCUT2D eigenvalue weighted by molar-refractivity contribution is 7.99. The SMILES string of the molecule is C[C@H](C[C@H](Sc1ccccc1)N1CCOCC1)Nc1ccc(S(=O)(=O)NC(=O)c2ccc(N3CCN(CC4=C(C56CC(C(F)F)(C5)C6)CC(C)(C)CC4)CC3)cc2)cc1S(=O)(=O)C(F)(F)F. The van der Waals surface area contributed by atoms with Crippen LogP contribution in [0.5, 0.6) is 0 Å². The molecule has 4 aliphatic carbocycles. The van der Waals surface area contributed by atoms with E-state index in [1.165, 1.54) is 23.3 Å². The Kier molecular flexibility index (Phi) is 13.7. The minimum absolute atomic E-state index is 0.0266. The van der Waals surface area contributed by atoms with Crippen LogP contribution in [0.2, 0.25) is 0 Å². The van der Waals surface area contributed by atoms with Crippen LogP contribution in [0.3, 0.4) is 0 Å². The van der Waals surface area contributed by atoms with Gasteiger partial charge in [0, 0.05) is 73.4 Å². The number of hydrogen-bond acceptors (Lipinski definition) is 11. The lowest BCUT2D eigenvalue weighted by Gasteiger charge is -2.72. The zero-order valence-electron chi connectivity index (χ0n) is 37.4. The third-order valence-electron chi connectivity index (χ3n) is 14.2. The van der Waals surface area contributed by atoms with Gasteiger partial charge in [0.15, 0.2) is 0 Å². The van der Waals surface area contributed by atoms with Crippen LogP contribution in [0.15, 0.2) is 98.6 Å². The summed E-state index contributed by atoms with van der Waals surface area (Å²) in [6, 6.07) is 17.7. The number of halogens is 5. The van der Waals surface area contributed by atoms with Gasteiger partial charge in [-0.2, -0.15) is 13.2 Å². The summed E-state index contributed by atoms with van der Waals surface area (Å²) in [6.45, 7) is 12.3. The first-order valence-electron chi connectivity index (χ1n) is 22.5. The minimum atomic E-state index is -6.06. The quantitative estimate of drug-likeness (QED) is 0.0813. The maximum absolute atomic E-state index is 14.1. The fourth-order valence-electron chi connectivity index (χ4n) is 10.5. The molecule has 0 unspecified atom stereocenters. The van der Waals surface area contributed by atoms with Gasteiger partial charge >= 0.3 is 5.51 Å². The average Bonchev–Trinajstić information content (AvgIpc) is 3.23. The summed E-state index contributed by atoms with van der Waals surface area (Å²) in [6.07, 6.45) is 2.93. The van der Waals surface area contributed by atoms with Crippen LogP contribution >= 0.6 is 11.8 Å². The standard InChI is InChI=1S/C47H58F5N5O6S3/c1-32(25-41(57-21-23-63-24-22-57)64-36-7-5-4-6-8-36)53-39-14-13-37(26-40(39)65(59,60)47(50,51)52)66(61,62)54-42(58)33-9-11-35(12-10-33)56-19-17-55(18-20-56)28-34-15-16-44(2,3)27-38(34)45-29-46(30-45,31-45)43(48)49/h4-14,26,32,41,43,53H,15-25,27-31H2,1-3H3,(H,54,58)/t32-,41+,45?,46?/m1/s1. The van der Waals surface area contributed by atoms with Gasteiger partial charge in [-0.3, -0.25) is 14.6 Å². The van der Waals surface area contributed by atoms with E-state index in [2.05, 4.69) is 33.9 Å². The van der Waals surface area contributed by atoms with Gasteiger partial charge in [-0.15, -0.1) is 11.8 Å². The molecule has 2 saturated heterocycles. The molecule has 2 bridgehead atoms. The van der Waals surface area contributed by atoms with Gasteiger partial charge in [-0.1, -0.05) is 43.2 Å². The number of nitrogens with zero attached hydrogens (tertiary/aromatic N) is 3. The molecule has 0 spiro atoms. The number of carbonyl (C=O) groups excluding carboxylic acids is 1. The Balaban J connectivity index is 0.907. The zero-order valence-corrected chi connectivity index (χ0v) is 39.8. The smallest absolute Gasteiger partial charge is 0.381 e. The second-order valence-electron chi connectivity index (χ2n) is 19.6. The van der Waals surface area contributed by atoms with Crippen molar-refractivity contribution < 1.29 is 48.3 Å². The molecule has 2 aliphatic heterocycles. The van der Waals surface area contributed by atoms with E-state index < -0.39 is 64.6 Å². The van der Waals surface area contributed by atoms with Gasteiger partial charge < -0.3 is 15.0 Å². The van der Waals surface area contributed by atoms with Gasteiger partial charge in [0.1, 0.15) is 4.90 Å². The van der Waals surface area contributed by atoms with Crippen molar-refractivity contribution in [3.63, 3.8) is 0 Å². The molecule has 3 aromatic carbocycles. The first-order chi connectivity index (χ1) is 31.1. The van der Waals surface area contributed by atoms with Crippen molar-refractivity contribution >= 4 is 48.9 Å². The highest BCUT2D eigenvalue weighted by Gasteiger charge is 2.73. The van der Waals surface area contributed by atoms with Crippen LogP contribution < -0.4 is 14.9 Å². The molecule has 66 heavy (non-hydrogen) atoms. The fraction of sp³-hybridized carbons (Fsp3) is 0.553. The number of benzene rings is 3. The Hall–Kier alpha value is -3.75. The number of allylic oxidation sites excluding steroid dienone is 1. The number of morpholine rings is 1. The highest BCUT2D eigenvalue weighted by Crippen LogP contribution is 2.79. The van der Waals surface area contributed by atoms with Crippen LogP contribution in [-0.2, 0) is 24.6 Å². The first kappa shape index (κ1) is 48.7. The van der Waals surface area contributed by atoms with E-state index in [0.717, 1.165) is 61.6 Å². The Bertz CT molecular complexity index is 2490. The number of anilines is 2. The third kappa shape index (κ3) is 10.2. The second kappa shape index (κ2) is 18.6. The van der Waals surface area contributed by atoms with E-state index in [9.17, 15) is 43.6 Å². The van der Waals surface area contributed by atoms with Gasteiger partial charge in [0.05, 0.1) is 29.2 Å². The second-order valence-corrected chi connectivity index (χ2v) is 24.4. The predicted octanol–water partition coefficient (Wildman–Crippen LogP) is 8.80. The summed E-state index contributed by atoms with van der Waals surface area (Å²) < 4.78 is 130. The van der Waals surface area contributed by atoms with E-state index in [0.29, 0.717) is 71.1 Å². The van der Waals surface area contributed by atoms with Crippen LogP contribution in [-0.4, -0.2) is 115 Å². The summed E-state index contributed by atoms with van der Waals surface area (Å²) in [4.78, 5) is 18.9. The number of carbonyl (C=O) groups is 1. The van der Waals surface area contributed by atoms with Crippen molar-refractivity contribution in [3.8, 4) is 0 Å². The first-order valence-corrected chi connectivity index (χ1v) is 26.3. The van der Waals surface area contributed by atoms with Gasteiger partial charge in [0.25, 0.3) is 25.8 Å². The topological polar surface area (TPSA) is 128 Å². The van der Waals surface area contributed by atoms with Gasteiger partial charge in [0.2, 0.25) is 6.43 Å². The Morgan fingerprint density at radius 2 is 1.53 bits per heavy atom. The number of amides is 1. The molecule has 0 radical (unpaired) electrons. The highest BCUT2D eigenvalue weighted by atomic mass is 32.2. The molecule has 2 heterocycles. The molecule has 0 aromatic heterocycles. The number of hydrogen-bond donors (Lipinski definition) is 2. The Morgan fingerprint density at radius 1 is 0.879 bits per heavy atom. The molecule has 1 amide bonds. The number of alkyl halides is 5. The number of thioether (sulfide) groups is 1. The molecule has 5 fully saturated rings. The van der Waals surface area contributed by atoms with E-state index in [4.69, 9.17) is 4.74 Å². The van der Waals surface area contributed by atoms with Crippen molar-refractivity contribution in [3.05, 3.63) is 89.5 Å². The van der Waals surface area contributed by atoms with Crippen molar-refractivity contribution in [2.24, 2.45) is 16.2 Å². The summed E-state index contributed by atoms with van der Waals surface area (Å²) >= 11 is 1.57. The number of sulfonamides is 1. The molecule has 9 rings (SSSR count). The molecule has 19 heteroatoms. The van der Waals surface area contributed by atoms with E-state index in [1.807, 2.05) is 35.1 Å². The Labute approximate surface area is 388 Å². The fourth-order valence-corrected chi connectivity index (χ4v) is 13.9. The molecule has 3 saturated carbocycles. The normalized spacial score (nSPS) is 24.9. The summed E-state index contributed by atoms with van der Waals surface area (Å²) in [5.74, 6) is -1.05. The molecular formula is C47H58F5N5O6S3. The number of sulfone groups is 1. The molecule has 6 aliphatic rings. The maximum Gasteiger partial charge on any atom is 0.501 e. The maximum atomic E-state index is 14.1. The summed E-state index contributed by atoms with van der Waals surface area (Å²) in [7, 11) is -10.9. The van der Waals surface area contributed by atoms with Gasteiger partial charge in [-0.25, -0.2) is 30.3 Å². The van der Waals surface area contributed by atoms with E-state index in [1.54, 1.807) is 30.8 Å². The Morgan fingerprint density at radius 3 is 2.15 bits per heavy atom. The number of piperazine rings is 1. The molecule has 3 aromatic rings. The molecule has 2 N–H and O–H groups in total. The van der Waals surface area contributed by atoms with E-state index >= 15 is 0 Å². The van der Waals surface area contributed by atoms with Crippen LogP contribution in [0, 0.1) is 16.2 Å². The molecular weight excluding hydrogens is 922 g/mol.